The summed E-state index contributed by atoms with van der Waals surface area (Å²) in [5.41, 5.74) is 1.68. The standard InChI is InChI=1S/C24H30IN3O4S/c1-16(2)22(24(30)26-20-6-4-5-19(25)15-20)27-23(29)18-11-13-28(14-12-18)33(31,32)21-9-7-17(3)8-10-21/h4-10,15-16,18,22H,11-14H2,1-3H3,(H,26,30)(H,27,29)/t22-/m1/s1. The zero-order valence-electron chi connectivity index (χ0n) is 19.0. The summed E-state index contributed by atoms with van der Waals surface area (Å²) in [6.07, 6.45) is 0.834. The highest BCUT2D eigenvalue weighted by atomic mass is 127. The minimum absolute atomic E-state index is 0.0984. The number of hydrogen-bond acceptors (Lipinski definition) is 4. The number of carbonyl (C=O) groups is 2. The molecule has 9 heteroatoms. The van der Waals surface area contributed by atoms with Gasteiger partial charge in [0, 0.05) is 28.3 Å². The maximum atomic E-state index is 12.9. The van der Waals surface area contributed by atoms with Gasteiger partial charge in [-0.15, -0.1) is 0 Å². The molecule has 1 saturated heterocycles. The molecule has 2 amide bonds. The fraction of sp³-hybridized carbons (Fsp3) is 0.417. The van der Waals surface area contributed by atoms with Crippen LogP contribution in [-0.4, -0.2) is 43.7 Å². The SMILES string of the molecule is Cc1ccc(S(=O)(=O)N2CCC(C(=O)N[C@@H](C(=O)Nc3cccc(I)c3)C(C)C)CC2)cc1. The van der Waals surface area contributed by atoms with E-state index in [0.29, 0.717) is 18.5 Å². The Kier molecular flexibility index (Phi) is 8.52. The average molecular weight is 583 g/mol. The van der Waals surface area contributed by atoms with Crippen molar-refractivity contribution in [1.82, 2.24) is 9.62 Å². The fourth-order valence-electron chi connectivity index (χ4n) is 3.81. The van der Waals surface area contributed by atoms with E-state index < -0.39 is 16.1 Å². The van der Waals surface area contributed by atoms with Crippen molar-refractivity contribution in [2.45, 2.75) is 44.6 Å². The smallest absolute Gasteiger partial charge is 0.247 e. The Balaban J connectivity index is 1.59. The van der Waals surface area contributed by atoms with Crippen LogP contribution >= 0.6 is 22.6 Å². The molecule has 0 saturated carbocycles. The third kappa shape index (κ3) is 6.54. The van der Waals surface area contributed by atoms with Gasteiger partial charge >= 0.3 is 0 Å². The van der Waals surface area contributed by atoms with Crippen molar-refractivity contribution in [1.29, 1.82) is 0 Å². The first kappa shape index (κ1) is 25.6. The number of piperidine rings is 1. The molecule has 0 unspecified atom stereocenters. The van der Waals surface area contributed by atoms with E-state index in [9.17, 15) is 18.0 Å². The van der Waals surface area contributed by atoms with Crippen molar-refractivity contribution in [2.24, 2.45) is 11.8 Å². The van der Waals surface area contributed by atoms with E-state index in [0.717, 1.165) is 9.13 Å². The van der Waals surface area contributed by atoms with Crippen LogP contribution in [0.3, 0.4) is 0 Å². The Morgan fingerprint density at radius 2 is 1.70 bits per heavy atom. The van der Waals surface area contributed by atoms with Crippen LogP contribution in [0.1, 0.15) is 32.3 Å². The summed E-state index contributed by atoms with van der Waals surface area (Å²) in [5.74, 6) is -0.904. The average Bonchev–Trinajstić information content (AvgIpc) is 2.77. The molecule has 3 rings (SSSR count). The van der Waals surface area contributed by atoms with E-state index in [2.05, 4.69) is 33.2 Å². The maximum absolute atomic E-state index is 12.9. The van der Waals surface area contributed by atoms with E-state index in [1.165, 1.54) is 4.31 Å². The van der Waals surface area contributed by atoms with Crippen LogP contribution in [0.4, 0.5) is 5.69 Å². The molecule has 1 heterocycles. The lowest BCUT2D eigenvalue weighted by molar-refractivity contribution is -0.130. The summed E-state index contributed by atoms with van der Waals surface area (Å²) >= 11 is 2.18. The number of amides is 2. The van der Waals surface area contributed by atoms with E-state index >= 15 is 0 Å². The molecule has 178 valence electrons. The number of nitrogens with one attached hydrogen (secondary N) is 2. The van der Waals surface area contributed by atoms with Crippen LogP contribution in [-0.2, 0) is 19.6 Å². The second kappa shape index (κ2) is 11.0. The maximum Gasteiger partial charge on any atom is 0.247 e. The molecule has 1 aliphatic heterocycles. The summed E-state index contributed by atoms with van der Waals surface area (Å²) in [7, 11) is -3.58. The lowest BCUT2D eigenvalue weighted by Gasteiger charge is -2.32. The molecule has 1 aliphatic rings. The molecule has 0 aliphatic carbocycles. The van der Waals surface area contributed by atoms with Gasteiger partial charge in [0.05, 0.1) is 4.90 Å². The number of rotatable bonds is 7. The normalized spacial score (nSPS) is 16.4. The molecule has 33 heavy (non-hydrogen) atoms. The number of sulfonamides is 1. The van der Waals surface area contributed by atoms with Crippen molar-refractivity contribution in [3.63, 3.8) is 0 Å². The lowest BCUT2D eigenvalue weighted by Crippen LogP contribution is -2.50. The Morgan fingerprint density at radius 1 is 1.06 bits per heavy atom. The number of hydrogen-bond donors (Lipinski definition) is 2. The summed E-state index contributed by atoms with van der Waals surface area (Å²) in [4.78, 5) is 26.0. The van der Waals surface area contributed by atoms with Crippen molar-refractivity contribution in [3.05, 3.63) is 57.7 Å². The van der Waals surface area contributed by atoms with Gasteiger partial charge in [0.15, 0.2) is 0 Å². The first-order valence-corrected chi connectivity index (χ1v) is 13.5. The number of halogens is 1. The van der Waals surface area contributed by atoms with Gasteiger partial charge in [-0.25, -0.2) is 8.42 Å². The van der Waals surface area contributed by atoms with E-state index in [4.69, 9.17) is 0 Å². The van der Waals surface area contributed by atoms with Crippen molar-refractivity contribution < 1.29 is 18.0 Å². The van der Waals surface area contributed by atoms with Crippen LogP contribution in [0.5, 0.6) is 0 Å². The van der Waals surface area contributed by atoms with Crippen LogP contribution < -0.4 is 10.6 Å². The molecule has 1 fully saturated rings. The van der Waals surface area contributed by atoms with Crippen molar-refractivity contribution in [3.8, 4) is 0 Å². The Hall–Kier alpha value is -1.98. The van der Waals surface area contributed by atoms with Gasteiger partial charge < -0.3 is 10.6 Å². The van der Waals surface area contributed by atoms with Gasteiger partial charge in [-0.1, -0.05) is 37.6 Å². The summed E-state index contributed by atoms with van der Waals surface area (Å²) in [5, 5.41) is 5.77. The molecule has 1 atom stereocenters. The highest BCUT2D eigenvalue weighted by Gasteiger charge is 2.34. The summed E-state index contributed by atoms with van der Waals surface area (Å²) < 4.78 is 28.2. The highest BCUT2D eigenvalue weighted by Crippen LogP contribution is 2.25. The van der Waals surface area contributed by atoms with Gasteiger partial charge in [-0.2, -0.15) is 4.31 Å². The Labute approximate surface area is 209 Å². The van der Waals surface area contributed by atoms with Gasteiger partial charge in [0.25, 0.3) is 0 Å². The molecule has 0 radical (unpaired) electrons. The minimum Gasteiger partial charge on any atom is -0.344 e. The number of anilines is 1. The van der Waals surface area contributed by atoms with E-state index in [-0.39, 0.29) is 41.6 Å². The third-order valence-electron chi connectivity index (χ3n) is 5.82. The number of nitrogens with zero attached hydrogens (tertiary/aromatic N) is 1. The van der Waals surface area contributed by atoms with Crippen LogP contribution in [0.25, 0.3) is 0 Å². The van der Waals surface area contributed by atoms with Crippen molar-refractivity contribution in [2.75, 3.05) is 18.4 Å². The lowest BCUT2D eigenvalue weighted by atomic mass is 9.95. The van der Waals surface area contributed by atoms with Gasteiger partial charge in [-0.05, 0) is 78.6 Å². The quantitative estimate of drug-likeness (QED) is 0.486. The summed E-state index contributed by atoms with van der Waals surface area (Å²) in [6, 6.07) is 13.6. The highest BCUT2D eigenvalue weighted by molar-refractivity contribution is 14.1. The third-order valence-corrected chi connectivity index (χ3v) is 8.41. The van der Waals surface area contributed by atoms with E-state index in [1.807, 2.05) is 45.0 Å². The molecular weight excluding hydrogens is 553 g/mol. The first-order chi connectivity index (χ1) is 15.6. The molecule has 0 aromatic heterocycles. The van der Waals surface area contributed by atoms with Gasteiger partial charge in [0.1, 0.15) is 6.04 Å². The monoisotopic (exact) mass is 583 g/mol. The zero-order chi connectivity index (χ0) is 24.2. The predicted octanol–water partition coefficient (Wildman–Crippen LogP) is 3.78. The Morgan fingerprint density at radius 3 is 2.27 bits per heavy atom. The molecular formula is C24H30IN3O4S. The zero-order valence-corrected chi connectivity index (χ0v) is 22.0. The van der Waals surface area contributed by atoms with Crippen LogP contribution in [0.15, 0.2) is 53.4 Å². The van der Waals surface area contributed by atoms with Crippen molar-refractivity contribution >= 4 is 50.1 Å². The molecule has 2 aromatic rings. The Bertz CT molecular complexity index is 1090. The first-order valence-electron chi connectivity index (χ1n) is 11.0. The largest absolute Gasteiger partial charge is 0.344 e. The van der Waals surface area contributed by atoms with Crippen LogP contribution in [0.2, 0.25) is 0 Å². The van der Waals surface area contributed by atoms with Gasteiger partial charge in [-0.3, -0.25) is 9.59 Å². The molecule has 2 aromatic carbocycles. The number of carbonyl (C=O) groups excluding carboxylic acids is 2. The topological polar surface area (TPSA) is 95.6 Å². The van der Waals surface area contributed by atoms with Gasteiger partial charge in [0.2, 0.25) is 21.8 Å². The van der Waals surface area contributed by atoms with Crippen LogP contribution in [0, 0.1) is 22.3 Å². The fourth-order valence-corrected chi connectivity index (χ4v) is 5.82. The minimum atomic E-state index is -3.58. The predicted molar refractivity (Wildman–Crippen MR) is 137 cm³/mol. The molecule has 0 bridgehead atoms. The molecule has 0 spiro atoms. The molecule has 2 N–H and O–H groups in total. The second-order valence-corrected chi connectivity index (χ2v) is 11.9. The second-order valence-electron chi connectivity index (χ2n) is 8.72. The number of aryl methyl sites for hydroxylation is 1. The number of benzene rings is 2. The molecule has 7 nitrogen and oxygen atoms in total. The van der Waals surface area contributed by atoms with E-state index in [1.54, 1.807) is 24.3 Å². The summed E-state index contributed by atoms with van der Waals surface area (Å²) in [6.45, 7) is 6.22.